The summed E-state index contributed by atoms with van der Waals surface area (Å²) in [6.07, 6.45) is 6.55. The summed E-state index contributed by atoms with van der Waals surface area (Å²) in [6.45, 7) is 15.3. The molecule has 10 heteroatoms. The van der Waals surface area contributed by atoms with E-state index in [1.165, 1.54) is 44.6 Å². The lowest BCUT2D eigenvalue weighted by molar-refractivity contribution is -0.120. The molecule has 2 saturated heterocycles. The number of hydrogen-bond acceptors (Lipinski definition) is 9. The van der Waals surface area contributed by atoms with Gasteiger partial charge < -0.3 is 29.7 Å². The molecule has 3 aliphatic rings. The zero-order chi connectivity index (χ0) is 28.2. The van der Waals surface area contributed by atoms with Crippen molar-refractivity contribution in [1.29, 1.82) is 0 Å². The van der Waals surface area contributed by atoms with Crippen LogP contribution in [0.25, 0.3) is 0 Å². The van der Waals surface area contributed by atoms with E-state index in [0.29, 0.717) is 5.95 Å². The van der Waals surface area contributed by atoms with E-state index < -0.39 is 0 Å². The van der Waals surface area contributed by atoms with Gasteiger partial charge in [-0.1, -0.05) is 13.3 Å². The molecule has 0 aliphatic carbocycles. The molecule has 0 spiro atoms. The fourth-order valence-corrected chi connectivity index (χ4v) is 6.23. The third kappa shape index (κ3) is 5.98. The predicted octanol–water partition coefficient (Wildman–Crippen LogP) is 3.81. The van der Waals surface area contributed by atoms with Gasteiger partial charge in [0.05, 0.1) is 19.0 Å². The van der Waals surface area contributed by atoms with E-state index in [2.05, 4.69) is 55.9 Å². The molecule has 40 heavy (non-hydrogen) atoms. The van der Waals surface area contributed by atoms with Gasteiger partial charge in [0.1, 0.15) is 17.5 Å². The SMILES string of the molecule is CC[C@@H]1C(=O)N(C)c2cnc(Nc3ccc(N4CCN(CCN5CCCCC5)CC4)cc3OC)nc2N1C(C)C. The molecule has 5 rings (SSSR count). The number of fused-ring (bicyclic) bond motifs is 1. The Morgan fingerprint density at radius 2 is 1.73 bits per heavy atom. The van der Waals surface area contributed by atoms with Gasteiger partial charge in [-0.25, -0.2) is 4.98 Å². The highest BCUT2D eigenvalue weighted by Gasteiger charge is 2.38. The summed E-state index contributed by atoms with van der Waals surface area (Å²) in [5.74, 6) is 2.09. The predicted molar refractivity (Wildman–Crippen MR) is 162 cm³/mol. The molecular weight excluding hydrogens is 504 g/mol. The van der Waals surface area contributed by atoms with Gasteiger partial charge in [-0.2, -0.15) is 4.98 Å². The van der Waals surface area contributed by atoms with E-state index >= 15 is 0 Å². The second-order valence-electron chi connectivity index (χ2n) is 11.5. The number of rotatable bonds is 9. The summed E-state index contributed by atoms with van der Waals surface area (Å²) < 4.78 is 5.79. The second kappa shape index (κ2) is 12.6. The molecule has 1 aromatic carbocycles. The van der Waals surface area contributed by atoms with E-state index in [9.17, 15) is 4.79 Å². The average molecular weight is 551 g/mol. The van der Waals surface area contributed by atoms with Crippen LogP contribution in [0.5, 0.6) is 5.75 Å². The first-order valence-electron chi connectivity index (χ1n) is 15.0. The molecule has 0 bridgehead atoms. The highest BCUT2D eigenvalue weighted by molar-refractivity contribution is 6.04. The van der Waals surface area contributed by atoms with Crippen LogP contribution in [0, 0.1) is 0 Å². The van der Waals surface area contributed by atoms with E-state index in [1.54, 1.807) is 25.3 Å². The Labute approximate surface area is 239 Å². The van der Waals surface area contributed by atoms with Gasteiger partial charge >= 0.3 is 0 Å². The van der Waals surface area contributed by atoms with Crippen LogP contribution in [-0.2, 0) is 4.79 Å². The molecule has 1 aromatic heterocycles. The highest BCUT2D eigenvalue weighted by atomic mass is 16.5. The number of likely N-dealkylation sites (N-methyl/N-ethyl adjacent to an activating group) is 1. The minimum Gasteiger partial charge on any atom is -0.494 e. The molecular formula is C30H46N8O2. The molecule has 3 aliphatic heterocycles. The van der Waals surface area contributed by atoms with Gasteiger partial charge in [0.25, 0.3) is 0 Å². The number of anilines is 5. The highest BCUT2D eigenvalue weighted by Crippen LogP contribution is 2.37. The van der Waals surface area contributed by atoms with Crippen LogP contribution < -0.4 is 24.8 Å². The van der Waals surface area contributed by atoms with Crippen molar-refractivity contribution in [2.45, 2.75) is 58.5 Å². The first-order chi connectivity index (χ1) is 19.4. The minimum absolute atomic E-state index is 0.0769. The maximum atomic E-state index is 13.0. The van der Waals surface area contributed by atoms with Crippen molar-refractivity contribution in [3.63, 3.8) is 0 Å². The number of likely N-dealkylation sites (tertiary alicyclic amines) is 1. The van der Waals surface area contributed by atoms with Crippen molar-refractivity contribution in [3.05, 3.63) is 24.4 Å². The van der Waals surface area contributed by atoms with Crippen LogP contribution in [0.1, 0.15) is 46.5 Å². The molecule has 0 saturated carbocycles. The number of ether oxygens (including phenoxy) is 1. The van der Waals surface area contributed by atoms with E-state index in [4.69, 9.17) is 9.72 Å². The lowest BCUT2D eigenvalue weighted by atomic mass is 10.1. The number of methoxy groups -OCH3 is 1. The molecule has 1 N–H and O–H groups in total. The molecule has 2 fully saturated rings. The van der Waals surface area contributed by atoms with Crippen molar-refractivity contribution in [1.82, 2.24) is 19.8 Å². The molecule has 4 heterocycles. The second-order valence-corrected chi connectivity index (χ2v) is 11.5. The number of hydrogen-bond donors (Lipinski definition) is 1. The number of nitrogens with zero attached hydrogens (tertiary/aromatic N) is 7. The first-order valence-corrected chi connectivity index (χ1v) is 15.0. The molecule has 1 atom stereocenters. The maximum absolute atomic E-state index is 13.0. The molecule has 0 unspecified atom stereocenters. The summed E-state index contributed by atoms with van der Waals surface area (Å²) in [4.78, 5) is 33.8. The van der Waals surface area contributed by atoms with Crippen LogP contribution in [0.15, 0.2) is 24.4 Å². The zero-order valence-electron chi connectivity index (χ0n) is 24.9. The van der Waals surface area contributed by atoms with Gasteiger partial charge in [0.2, 0.25) is 11.9 Å². The Balaban J connectivity index is 1.25. The van der Waals surface area contributed by atoms with Crippen LogP contribution >= 0.6 is 0 Å². The normalized spacial score (nSPS) is 20.7. The van der Waals surface area contributed by atoms with E-state index in [1.807, 2.05) is 13.0 Å². The lowest BCUT2D eigenvalue weighted by Crippen LogP contribution is -2.54. The van der Waals surface area contributed by atoms with Gasteiger partial charge in [0, 0.05) is 64.1 Å². The Morgan fingerprint density at radius 3 is 2.38 bits per heavy atom. The molecule has 218 valence electrons. The Kier molecular flexibility index (Phi) is 8.95. The number of amides is 1. The first kappa shape index (κ1) is 28.4. The molecule has 0 radical (unpaired) electrons. The van der Waals surface area contributed by atoms with Crippen LogP contribution in [-0.4, -0.2) is 104 Å². The number of benzene rings is 1. The number of aromatic nitrogens is 2. The number of piperidine rings is 1. The number of carbonyl (C=O) groups excluding carboxylic acids is 1. The van der Waals surface area contributed by atoms with Gasteiger partial charge in [0.15, 0.2) is 5.82 Å². The van der Waals surface area contributed by atoms with Crippen LogP contribution in [0.2, 0.25) is 0 Å². The Morgan fingerprint density at radius 1 is 1.02 bits per heavy atom. The van der Waals surface area contributed by atoms with Crippen molar-refractivity contribution in [2.24, 2.45) is 0 Å². The smallest absolute Gasteiger partial charge is 0.249 e. The van der Waals surface area contributed by atoms with Crippen molar-refractivity contribution >= 4 is 34.7 Å². The van der Waals surface area contributed by atoms with Gasteiger partial charge in [-0.15, -0.1) is 0 Å². The maximum Gasteiger partial charge on any atom is 0.249 e. The topological polar surface area (TPSA) is 80.3 Å². The largest absolute Gasteiger partial charge is 0.494 e. The van der Waals surface area contributed by atoms with Crippen molar-refractivity contribution in [3.8, 4) is 5.75 Å². The summed E-state index contributed by atoms with van der Waals surface area (Å²) in [7, 11) is 3.50. The quantitative estimate of drug-likeness (QED) is 0.501. The van der Waals surface area contributed by atoms with Crippen LogP contribution in [0.4, 0.5) is 28.8 Å². The summed E-state index contributed by atoms with van der Waals surface area (Å²) in [6, 6.07) is 6.18. The molecule has 2 aromatic rings. The minimum atomic E-state index is -0.237. The zero-order valence-corrected chi connectivity index (χ0v) is 24.9. The monoisotopic (exact) mass is 550 g/mol. The third-order valence-electron chi connectivity index (χ3n) is 8.60. The number of piperazine rings is 1. The fourth-order valence-electron chi connectivity index (χ4n) is 6.23. The number of carbonyl (C=O) groups is 1. The molecule has 1 amide bonds. The summed E-state index contributed by atoms with van der Waals surface area (Å²) in [5.41, 5.74) is 2.71. The van der Waals surface area contributed by atoms with Crippen LogP contribution in [0.3, 0.4) is 0 Å². The van der Waals surface area contributed by atoms with Crippen molar-refractivity contribution < 1.29 is 9.53 Å². The standard InChI is InChI=1S/C30H46N8O2/c1-6-25-29(39)34(4)26-21-31-30(33-28(26)38(25)22(2)3)32-24-11-10-23(20-27(24)40-5)37-18-16-36(17-19-37)15-14-35-12-8-7-9-13-35/h10-11,20-22,25H,6-9,12-19H2,1-5H3,(H,31,32,33)/t25-/m1/s1. The summed E-state index contributed by atoms with van der Waals surface area (Å²) in [5, 5.41) is 3.37. The summed E-state index contributed by atoms with van der Waals surface area (Å²) >= 11 is 0. The average Bonchev–Trinajstić information content (AvgIpc) is 2.98. The van der Waals surface area contributed by atoms with Gasteiger partial charge in [-0.3, -0.25) is 9.69 Å². The lowest BCUT2D eigenvalue weighted by Gasteiger charge is -2.42. The van der Waals surface area contributed by atoms with E-state index in [-0.39, 0.29) is 18.0 Å². The van der Waals surface area contributed by atoms with Crippen molar-refractivity contribution in [2.75, 3.05) is 86.5 Å². The Hall–Kier alpha value is -3.11. The Bertz CT molecular complexity index is 1160. The fraction of sp³-hybridized carbons (Fsp3) is 0.633. The third-order valence-corrected chi connectivity index (χ3v) is 8.60. The molecule has 10 nitrogen and oxygen atoms in total. The number of nitrogens with one attached hydrogen (secondary N) is 1. The van der Waals surface area contributed by atoms with E-state index in [0.717, 1.165) is 62.1 Å². The van der Waals surface area contributed by atoms with Gasteiger partial charge in [-0.05, 0) is 58.3 Å².